The summed E-state index contributed by atoms with van der Waals surface area (Å²) in [7, 11) is -2.74. The molecule has 3 rings (SSSR count). The quantitative estimate of drug-likeness (QED) is 0.415. The Kier molecular flexibility index (Phi) is 5.99. The Balaban J connectivity index is 1.96. The fraction of sp³-hybridized carbons (Fsp3) is 0.111. The predicted octanol–water partition coefficient (Wildman–Crippen LogP) is 3.91. The maximum atomic E-state index is 12.6. The first-order valence-electron chi connectivity index (χ1n) is 7.83. The van der Waals surface area contributed by atoms with Crippen LogP contribution in [0.25, 0.3) is 6.08 Å². The number of aryl methyl sites for hydroxylation is 1. The molecule has 0 unspecified atom stereocenters. The lowest BCUT2D eigenvalue weighted by atomic mass is 10.2. The molecule has 146 valence electrons. The number of carbonyl (C=O) groups is 1. The van der Waals surface area contributed by atoms with Crippen LogP contribution in [0.3, 0.4) is 0 Å². The van der Waals surface area contributed by atoms with Crippen molar-refractivity contribution >= 4 is 62.0 Å². The van der Waals surface area contributed by atoms with Crippen LogP contribution in [0.15, 0.2) is 46.2 Å². The van der Waals surface area contributed by atoms with Crippen LogP contribution in [0, 0.1) is 6.92 Å². The van der Waals surface area contributed by atoms with Gasteiger partial charge in [-0.05, 0) is 42.8 Å². The van der Waals surface area contributed by atoms with Gasteiger partial charge in [0.15, 0.2) is 5.75 Å². The number of carbonyl (C=O) groups excluding carboxylic acids is 1. The zero-order chi connectivity index (χ0) is 20.5. The normalized spacial score (nSPS) is 15.6. The number of halogens is 1. The highest BCUT2D eigenvalue weighted by molar-refractivity contribution is 8.26. The van der Waals surface area contributed by atoms with Gasteiger partial charge >= 0.3 is 10.1 Å². The van der Waals surface area contributed by atoms with Gasteiger partial charge in [0, 0.05) is 0 Å². The first-order valence-corrected chi connectivity index (χ1v) is 10.8. The number of nitrogens with one attached hydrogen (secondary N) is 1. The largest absolute Gasteiger partial charge is 0.493 e. The minimum atomic E-state index is -4.10. The Hall–Kier alpha value is -2.07. The van der Waals surface area contributed by atoms with Crippen LogP contribution in [0.4, 0.5) is 0 Å². The summed E-state index contributed by atoms with van der Waals surface area (Å²) in [5.41, 5.74) is 1.45. The van der Waals surface area contributed by atoms with E-state index in [-0.39, 0.29) is 27.3 Å². The lowest BCUT2D eigenvalue weighted by molar-refractivity contribution is -0.115. The van der Waals surface area contributed by atoms with Gasteiger partial charge < -0.3 is 14.2 Å². The number of benzene rings is 2. The minimum absolute atomic E-state index is 0.00467. The van der Waals surface area contributed by atoms with E-state index in [1.807, 2.05) is 6.92 Å². The molecule has 0 spiro atoms. The summed E-state index contributed by atoms with van der Waals surface area (Å²) in [5.74, 6) is -0.334. The molecule has 2 aromatic carbocycles. The van der Waals surface area contributed by atoms with Gasteiger partial charge in [-0.15, -0.1) is 0 Å². The zero-order valence-corrected chi connectivity index (χ0v) is 17.9. The highest BCUT2D eigenvalue weighted by Crippen LogP contribution is 2.39. The minimum Gasteiger partial charge on any atom is -0.493 e. The lowest BCUT2D eigenvalue weighted by Gasteiger charge is -2.13. The Bertz CT molecular complexity index is 1090. The number of thioether (sulfide) groups is 1. The lowest BCUT2D eigenvalue weighted by Crippen LogP contribution is -2.17. The average Bonchev–Trinajstić information content (AvgIpc) is 2.94. The van der Waals surface area contributed by atoms with Crippen LogP contribution in [-0.4, -0.2) is 25.8 Å². The van der Waals surface area contributed by atoms with Gasteiger partial charge in [0.1, 0.15) is 9.22 Å². The summed E-state index contributed by atoms with van der Waals surface area (Å²) in [5, 5.41) is 2.53. The van der Waals surface area contributed by atoms with E-state index < -0.39 is 10.1 Å². The molecule has 0 radical (unpaired) electrons. The molecule has 1 fully saturated rings. The summed E-state index contributed by atoms with van der Waals surface area (Å²) in [6.07, 6.45) is 1.58. The van der Waals surface area contributed by atoms with Crippen LogP contribution in [0.1, 0.15) is 11.1 Å². The standard InChI is InChI=1S/C18H14ClNO5S3/c1-10-3-5-12(6-4-10)28(22,23)25-16-13(19)7-11(8-14(16)24-2)9-15-17(21)20-18(26)27-15/h3-9H,1-2H3,(H,20,21,26)/b15-9-. The molecule has 0 saturated carbocycles. The van der Waals surface area contributed by atoms with E-state index in [2.05, 4.69) is 5.32 Å². The number of thiocarbonyl (C=S) groups is 1. The van der Waals surface area contributed by atoms with Crippen molar-refractivity contribution in [2.24, 2.45) is 0 Å². The van der Waals surface area contributed by atoms with Crippen molar-refractivity contribution in [2.45, 2.75) is 11.8 Å². The van der Waals surface area contributed by atoms with E-state index in [1.165, 1.54) is 31.4 Å². The van der Waals surface area contributed by atoms with Crippen LogP contribution in [-0.2, 0) is 14.9 Å². The molecule has 1 N–H and O–H groups in total. The number of hydrogen-bond donors (Lipinski definition) is 1. The molecule has 2 aromatic rings. The molecule has 1 aliphatic heterocycles. The number of methoxy groups -OCH3 is 1. The van der Waals surface area contributed by atoms with Gasteiger partial charge in [0.2, 0.25) is 5.75 Å². The van der Waals surface area contributed by atoms with E-state index in [1.54, 1.807) is 18.2 Å². The molecule has 0 atom stereocenters. The van der Waals surface area contributed by atoms with Gasteiger partial charge in [-0.1, -0.05) is 53.3 Å². The van der Waals surface area contributed by atoms with Gasteiger partial charge in [-0.25, -0.2) is 0 Å². The van der Waals surface area contributed by atoms with Crippen LogP contribution in [0.2, 0.25) is 5.02 Å². The zero-order valence-electron chi connectivity index (χ0n) is 14.7. The average molecular weight is 456 g/mol. The summed E-state index contributed by atoms with van der Waals surface area (Å²) >= 11 is 12.3. The van der Waals surface area contributed by atoms with Crippen LogP contribution < -0.4 is 14.2 Å². The summed E-state index contributed by atoms with van der Waals surface area (Å²) in [6.45, 7) is 1.85. The maximum absolute atomic E-state index is 12.6. The molecule has 1 amide bonds. The number of ether oxygens (including phenoxy) is 1. The predicted molar refractivity (Wildman–Crippen MR) is 113 cm³/mol. The molecule has 1 heterocycles. The van der Waals surface area contributed by atoms with Gasteiger partial charge in [-0.3, -0.25) is 4.79 Å². The molecule has 6 nitrogen and oxygen atoms in total. The third-order valence-corrected chi connectivity index (χ3v) is 6.37. The summed E-state index contributed by atoms with van der Waals surface area (Å²) in [4.78, 5) is 12.2. The fourth-order valence-electron chi connectivity index (χ4n) is 2.34. The van der Waals surface area contributed by atoms with Crippen molar-refractivity contribution in [2.75, 3.05) is 7.11 Å². The Morgan fingerprint density at radius 2 is 1.89 bits per heavy atom. The number of hydrogen-bond acceptors (Lipinski definition) is 7. The smallest absolute Gasteiger partial charge is 0.339 e. The van der Waals surface area contributed by atoms with Crippen LogP contribution in [0.5, 0.6) is 11.5 Å². The third kappa shape index (κ3) is 4.49. The summed E-state index contributed by atoms with van der Waals surface area (Å²) in [6, 6.07) is 9.23. The molecule has 0 aliphatic carbocycles. The second-order valence-electron chi connectivity index (χ2n) is 5.74. The third-order valence-electron chi connectivity index (χ3n) is 3.69. The van der Waals surface area contributed by atoms with E-state index in [4.69, 9.17) is 32.7 Å². The molecule has 0 aromatic heterocycles. The molecule has 1 aliphatic rings. The molecule has 28 heavy (non-hydrogen) atoms. The second kappa shape index (κ2) is 8.12. The summed E-state index contributed by atoms with van der Waals surface area (Å²) < 4.78 is 36.0. The van der Waals surface area contributed by atoms with E-state index in [0.717, 1.165) is 17.3 Å². The highest BCUT2D eigenvalue weighted by Gasteiger charge is 2.24. The molecular weight excluding hydrogens is 442 g/mol. The number of amides is 1. The monoisotopic (exact) mass is 455 g/mol. The van der Waals surface area contributed by atoms with Crippen molar-refractivity contribution in [1.29, 1.82) is 0 Å². The van der Waals surface area contributed by atoms with Crippen LogP contribution >= 0.6 is 35.6 Å². The fourth-order valence-corrected chi connectivity index (χ4v) is 4.64. The number of rotatable bonds is 5. The van der Waals surface area contributed by atoms with E-state index in [9.17, 15) is 13.2 Å². The van der Waals surface area contributed by atoms with Crippen molar-refractivity contribution in [3.63, 3.8) is 0 Å². The SMILES string of the molecule is COc1cc(/C=C2\SC(=S)NC2=O)cc(Cl)c1OS(=O)(=O)c1ccc(C)cc1. The first-order chi connectivity index (χ1) is 13.2. The van der Waals surface area contributed by atoms with Crippen molar-refractivity contribution in [3.8, 4) is 11.5 Å². The van der Waals surface area contributed by atoms with E-state index >= 15 is 0 Å². The molecule has 0 bridgehead atoms. The van der Waals surface area contributed by atoms with Crippen molar-refractivity contribution < 1.29 is 22.1 Å². The van der Waals surface area contributed by atoms with Crippen molar-refractivity contribution in [1.82, 2.24) is 5.32 Å². The van der Waals surface area contributed by atoms with Gasteiger partial charge in [0.25, 0.3) is 5.91 Å². The van der Waals surface area contributed by atoms with Gasteiger partial charge in [-0.2, -0.15) is 8.42 Å². The highest BCUT2D eigenvalue weighted by atomic mass is 35.5. The van der Waals surface area contributed by atoms with Crippen molar-refractivity contribution in [3.05, 3.63) is 57.5 Å². The van der Waals surface area contributed by atoms with E-state index in [0.29, 0.717) is 14.8 Å². The molecule has 1 saturated heterocycles. The Labute approximate surface area is 177 Å². The second-order valence-corrected chi connectivity index (χ2v) is 9.41. The molecule has 10 heteroatoms. The maximum Gasteiger partial charge on any atom is 0.339 e. The Morgan fingerprint density at radius 1 is 1.21 bits per heavy atom. The topological polar surface area (TPSA) is 81.7 Å². The Morgan fingerprint density at radius 3 is 2.46 bits per heavy atom. The first kappa shape index (κ1) is 20.7. The van der Waals surface area contributed by atoms with Gasteiger partial charge in [0.05, 0.1) is 17.0 Å². The molecular formula is C18H14ClNO5S3.